The molecule has 0 saturated carbocycles. The number of benzene rings is 1. The van der Waals surface area contributed by atoms with Crippen LogP contribution in [0.2, 0.25) is 0 Å². The van der Waals surface area contributed by atoms with Crippen molar-refractivity contribution in [2.45, 2.75) is 13.8 Å². The number of hydrogen-bond donors (Lipinski definition) is 1. The highest BCUT2D eigenvalue weighted by Gasteiger charge is 2.25. The summed E-state index contributed by atoms with van der Waals surface area (Å²) in [6, 6.07) is 11.4. The summed E-state index contributed by atoms with van der Waals surface area (Å²) in [5, 5.41) is 3.33. The minimum absolute atomic E-state index is 0. The van der Waals surface area contributed by atoms with E-state index in [-0.39, 0.29) is 29.9 Å². The van der Waals surface area contributed by atoms with Crippen LogP contribution in [0, 0.1) is 6.92 Å². The van der Waals surface area contributed by atoms with Crippen LogP contribution in [-0.4, -0.2) is 67.5 Å². The Labute approximate surface area is 189 Å². The molecule has 1 aliphatic heterocycles. The van der Waals surface area contributed by atoms with Gasteiger partial charge in [0.1, 0.15) is 12.4 Å². The molecule has 1 N–H and O–H groups in total. The first-order valence-electron chi connectivity index (χ1n) is 9.73. The van der Waals surface area contributed by atoms with Gasteiger partial charge in [-0.1, -0.05) is 12.1 Å². The Morgan fingerprint density at radius 1 is 1.17 bits per heavy atom. The highest BCUT2D eigenvalue weighted by Crippen LogP contribution is 2.12. The second-order valence-electron chi connectivity index (χ2n) is 6.66. The summed E-state index contributed by atoms with van der Waals surface area (Å²) >= 11 is 0. The second kappa shape index (κ2) is 11.7. The standard InChI is InChI=1S/C21H28N4O3.HI/c1-3-22-21(23-9-15-27-18-7-4-6-17(2)16-18)25-12-10-24(11-13-25)20(26)19-8-5-14-28-19;/h4-8,14,16H,3,9-13,15H2,1-2H3,(H,22,23);1H. The second-order valence-corrected chi connectivity index (χ2v) is 6.66. The third kappa shape index (κ3) is 6.66. The molecule has 0 atom stereocenters. The van der Waals surface area contributed by atoms with Gasteiger partial charge in [-0.3, -0.25) is 4.79 Å². The quantitative estimate of drug-likeness (QED) is 0.279. The summed E-state index contributed by atoms with van der Waals surface area (Å²) in [4.78, 5) is 21.1. The Morgan fingerprint density at radius 3 is 2.59 bits per heavy atom. The number of piperazine rings is 1. The van der Waals surface area contributed by atoms with Gasteiger partial charge in [0.05, 0.1) is 12.8 Å². The number of nitrogens with zero attached hydrogens (tertiary/aromatic N) is 3. The lowest BCUT2D eigenvalue weighted by Crippen LogP contribution is -2.53. The number of halogens is 1. The van der Waals surface area contributed by atoms with Gasteiger partial charge in [-0.2, -0.15) is 0 Å². The van der Waals surface area contributed by atoms with Gasteiger partial charge < -0.3 is 24.3 Å². The molecular formula is C21H29IN4O3. The van der Waals surface area contributed by atoms with Crippen LogP contribution in [-0.2, 0) is 0 Å². The van der Waals surface area contributed by atoms with Gasteiger partial charge in [-0.15, -0.1) is 24.0 Å². The zero-order chi connectivity index (χ0) is 19.8. The van der Waals surface area contributed by atoms with Crippen LogP contribution in [0.15, 0.2) is 52.1 Å². The number of aryl methyl sites for hydroxylation is 1. The Morgan fingerprint density at radius 2 is 1.93 bits per heavy atom. The maximum Gasteiger partial charge on any atom is 0.289 e. The summed E-state index contributed by atoms with van der Waals surface area (Å²) in [5.74, 6) is 2.06. The summed E-state index contributed by atoms with van der Waals surface area (Å²) in [6.07, 6.45) is 1.53. The largest absolute Gasteiger partial charge is 0.492 e. The van der Waals surface area contributed by atoms with E-state index in [4.69, 9.17) is 9.15 Å². The molecule has 0 unspecified atom stereocenters. The molecule has 1 aromatic carbocycles. The fourth-order valence-electron chi connectivity index (χ4n) is 3.12. The third-order valence-electron chi connectivity index (χ3n) is 4.54. The van der Waals surface area contributed by atoms with Gasteiger partial charge in [-0.25, -0.2) is 4.99 Å². The van der Waals surface area contributed by atoms with E-state index in [9.17, 15) is 4.79 Å². The first-order chi connectivity index (χ1) is 13.7. The first kappa shape index (κ1) is 23.1. The maximum atomic E-state index is 12.4. The van der Waals surface area contributed by atoms with Crippen molar-refractivity contribution >= 4 is 35.8 Å². The molecule has 158 valence electrons. The predicted molar refractivity (Wildman–Crippen MR) is 124 cm³/mol. The molecule has 1 aromatic heterocycles. The Balaban J connectivity index is 0.00000300. The highest BCUT2D eigenvalue weighted by molar-refractivity contribution is 14.0. The lowest BCUT2D eigenvalue weighted by molar-refractivity contribution is 0.0657. The molecule has 29 heavy (non-hydrogen) atoms. The Hall–Kier alpha value is -2.23. The van der Waals surface area contributed by atoms with Gasteiger partial charge in [-0.05, 0) is 43.7 Å². The number of aliphatic imine (C=N–C) groups is 1. The van der Waals surface area contributed by atoms with Crippen molar-refractivity contribution in [2.75, 3.05) is 45.9 Å². The van der Waals surface area contributed by atoms with Crippen molar-refractivity contribution in [3.8, 4) is 5.75 Å². The monoisotopic (exact) mass is 512 g/mol. The molecule has 0 bridgehead atoms. The molecule has 0 spiro atoms. The van der Waals surface area contributed by atoms with Crippen LogP contribution in [0.4, 0.5) is 0 Å². The van der Waals surface area contributed by atoms with Crippen molar-refractivity contribution < 1.29 is 13.9 Å². The number of carbonyl (C=O) groups excluding carboxylic acids is 1. The van der Waals surface area contributed by atoms with Crippen molar-refractivity contribution in [3.05, 3.63) is 54.0 Å². The zero-order valence-corrected chi connectivity index (χ0v) is 19.3. The van der Waals surface area contributed by atoms with Crippen molar-refractivity contribution in [3.63, 3.8) is 0 Å². The lowest BCUT2D eigenvalue weighted by atomic mass is 10.2. The fourth-order valence-corrected chi connectivity index (χ4v) is 3.12. The van der Waals surface area contributed by atoms with Crippen molar-refractivity contribution in [2.24, 2.45) is 4.99 Å². The topological polar surface area (TPSA) is 70.3 Å². The number of carbonyl (C=O) groups is 1. The number of rotatable bonds is 6. The van der Waals surface area contributed by atoms with Crippen LogP contribution in [0.5, 0.6) is 5.75 Å². The van der Waals surface area contributed by atoms with Crippen LogP contribution in [0.1, 0.15) is 23.0 Å². The Kier molecular flexibility index (Phi) is 9.30. The summed E-state index contributed by atoms with van der Waals surface area (Å²) in [6.45, 7) is 8.74. The molecule has 3 rings (SSSR count). The van der Waals surface area contributed by atoms with Crippen LogP contribution >= 0.6 is 24.0 Å². The molecular weight excluding hydrogens is 483 g/mol. The lowest BCUT2D eigenvalue weighted by Gasteiger charge is -2.36. The predicted octanol–water partition coefficient (Wildman–Crippen LogP) is 3.01. The van der Waals surface area contributed by atoms with Crippen LogP contribution < -0.4 is 10.1 Å². The summed E-state index contributed by atoms with van der Waals surface area (Å²) in [5.41, 5.74) is 1.18. The smallest absolute Gasteiger partial charge is 0.289 e. The van der Waals surface area contributed by atoms with Gasteiger partial charge in [0.2, 0.25) is 0 Å². The zero-order valence-electron chi connectivity index (χ0n) is 17.0. The van der Waals surface area contributed by atoms with Gasteiger partial charge in [0, 0.05) is 32.7 Å². The van der Waals surface area contributed by atoms with E-state index < -0.39 is 0 Å². The van der Waals surface area contributed by atoms with E-state index in [0.29, 0.717) is 32.0 Å². The van der Waals surface area contributed by atoms with E-state index in [1.165, 1.54) is 11.8 Å². The van der Waals surface area contributed by atoms with Crippen molar-refractivity contribution in [1.82, 2.24) is 15.1 Å². The molecule has 2 aromatic rings. The molecule has 1 amide bonds. The van der Waals surface area contributed by atoms with Gasteiger partial charge in [0.15, 0.2) is 11.7 Å². The summed E-state index contributed by atoms with van der Waals surface area (Å²) < 4.78 is 11.0. The van der Waals surface area contributed by atoms with E-state index in [1.807, 2.05) is 36.1 Å². The molecule has 1 saturated heterocycles. The molecule has 0 aliphatic carbocycles. The molecule has 2 heterocycles. The Bertz CT molecular complexity index is 787. The molecule has 0 radical (unpaired) electrons. The van der Waals surface area contributed by atoms with Gasteiger partial charge >= 0.3 is 0 Å². The van der Waals surface area contributed by atoms with E-state index in [0.717, 1.165) is 31.3 Å². The number of nitrogens with one attached hydrogen (secondary N) is 1. The number of guanidine groups is 1. The van der Waals surface area contributed by atoms with Crippen LogP contribution in [0.25, 0.3) is 0 Å². The third-order valence-corrected chi connectivity index (χ3v) is 4.54. The average Bonchev–Trinajstić information content (AvgIpc) is 3.25. The average molecular weight is 512 g/mol. The number of furan rings is 1. The fraction of sp³-hybridized carbons (Fsp3) is 0.429. The van der Waals surface area contributed by atoms with Crippen LogP contribution in [0.3, 0.4) is 0 Å². The highest BCUT2D eigenvalue weighted by atomic mass is 127. The molecule has 1 fully saturated rings. The van der Waals surface area contributed by atoms with E-state index >= 15 is 0 Å². The summed E-state index contributed by atoms with van der Waals surface area (Å²) in [7, 11) is 0. The van der Waals surface area contributed by atoms with Crippen molar-refractivity contribution in [1.29, 1.82) is 0 Å². The number of amides is 1. The van der Waals surface area contributed by atoms with E-state index in [2.05, 4.69) is 22.1 Å². The van der Waals surface area contributed by atoms with E-state index in [1.54, 1.807) is 12.1 Å². The minimum Gasteiger partial charge on any atom is -0.492 e. The molecule has 7 nitrogen and oxygen atoms in total. The number of ether oxygens (including phenoxy) is 1. The normalized spacial score (nSPS) is 14.3. The number of hydrogen-bond acceptors (Lipinski definition) is 4. The minimum atomic E-state index is -0.0573. The maximum absolute atomic E-state index is 12.4. The molecule has 8 heteroatoms. The molecule has 1 aliphatic rings. The first-order valence-corrected chi connectivity index (χ1v) is 9.73. The SMILES string of the molecule is CCNC(=NCCOc1cccc(C)c1)N1CCN(C(=O)c2ccco2)CC1.I. The van der Waals surface area contributed by atoms with Gasteiger partial charge in [0.25, 0.3) is 5.91 Å².